The largest absolute Gasteiger partial charge is 0.462 e. The normalized spacial score (nSPS) is 10.8. The summed E-state index contributed by atoms with van der Waals surface area (Å²) in [5.74, 6) is 1.19. The van der Waals surface area contributed by atoms with Crippen molar-refractivity contribution >= 4 is 29.3 Å². The van der Waals surface area contributed by atoms with Crippen LogP contribution in [-0.4, -0.2) is 5.91 Å². The number of hydrogen-bond donors (Lipinski definition) is 1. The molecule has 2 aromatic rings. The van der Waals surface area contributed by atoms with E-state index >= 15 is 0 Å². The first-order valence-electron chi connectivity index (χ1n) is 5.45. The molecule has 2 rings (SSSR count). The molecule has 0 aliphatic carbocycles. The lowest BCUT2D eigenvalue weighted by atomic mass is 10.3. The van der Waals surface area contributed by atoms with Crippen molar-refractivity contribution in [2.24, 2.45) is 0 Å². The van der Waals surface area contributed by atoms with Gasteiger partial charge < -0.3 is 9.73 Å². The van der Waals surface area contributed by atoms with Crippen molar-refractivity contribution in [3.05, 3.63) is 59.0 Å². The summed E-state index contributed by atoms with van der Waals surface area (Å²) < 4.78 is 5.31. The summed E-state index contributed by atoms with van der Waals surface area (Å²) in [7, 11) is 0. The van der Waals surface area contributed by atoms with Gasteiger partial charge in [-0.1, -0.05) is 23.7 Å². The molecule has 3 nitrogen and oxygen atoms in total. The lowest BCUT2D eigenvalue weighted by Gasteiger charge is -2.03. The standard InChI is InChI=1S/C14H12ClNO2/c1-10-6-7-11(18-10)8-9-14(17)16-13-5-3-2-4-12(13)15/h2-9H,1H3,(H,16,17)/b9-8+. The van der Waals surface area contributed by atoms with E-state index in [1.54, 1.807) is 36.4 Å². The van der Waals surface area contributed by atoms with Gasteiger partial charge >= 0.3 is 0 Å². The zero-order valence-corrected chi connectivity index (χ0v) is 10.6. The summed E-state index contributed by atoms with van der Waals surface area (Å²) >= 11 is 5.93. The Morgan fingerprint density at radius 3 is 2.72 bits per heavy atom. The lowest BCUT2D eigenvalue weighted by molar-refractivity contribution is -0.111. The van der Waals surface area contributed by atoms with Crippen LogP contribution in [0.15, 0.2) is 46.9 Å². The third-order valence-electron chi connectivity index (χ3n) is 2.29. The number of rotatable bonds is 3. The van der Waals surface area contributed by atoms with Crippen LogP contribution in [-0.2, 0) is 4.79 Å². The van der Waals surface area contributed by atoms with Crippen molar-refractivity contribution in [2.75, 3.05) is 5.32 Å². The quantitative estimate of drug-likeness (QED) is 0.852. The predicted octanol–water partition coefficient (Wildman–Crippen LogP) is 3.89. The van der Waals surface area contributed by atoms with Crippen LogP contribution in [0.2, 0.25) is 5.02 Å². The number of nitrogens with one attached hydrogen (secondary N) is 1. The van der Waals surface area contributed by atoms with Gasteiger partial charge in [0.15, 0.2) is 0 Å². The maximum absolute atomic E-state index is 11.6. The van der Waals surface area contributed by atoms with Gasteiger partial charge in [0.1, 0.15) is 11.5 Å². The fourth-order valence-corrected chi connectivity index (χ4v) is 1.62. The summed E-state index contributed by atoms with van der Waals surface area (Å²) in [6.07, 6.45) is 3.01. The van der Waals surface area contributed by atoms with Gasteiger partial charge in [-0.25, -0.2) is 0 Å². The van der Waals surface area contributed by atoms with Gasteiger partial charge in [0.05, 0.1) is 10.7 Å². The summed E-state index contributed by atoms with van der Waals surface area (Å²) in [5, 5.41) is 3.20. The van der Waals surface area contributed by atoms with E-state index < -0.39 is 0 Å². The van der Waals surface area contributed by atoms with E-state index in [4.69, 9.17) is 16.0 Å². The third-order valence-corrected chi connectivity index (χ3v) is 2.62. The molecule has 92 valence electrons. The molecule has 1 amide bonds. The molecule has 18 heavy (non-hydrogen) atoms. The van der Waals surface area contributed by atoms with Gasteiger partial charge in [-0.15, -0.1) is 0 Å². The second-order valence-electron chi connectivity index (χ2n) is 3.75. The average molecular weight is 262 g/mol. The van der Waals surface area contributed by atoms with Crippen LogP contribution in [0.1, 0.15) is 11.5 Å². The van der Waals surface area contributed by atoms with Crippen LogP contribution in [0, 0.1) is 6.92 Å². The van der Waals surface area contributed by atoms with Crippen LogP contribution in [0.25, 0.3) is 6.08 Å². The Morgan fingerprint density at radius 2 is 2.06 bits per heavy atom. The van der Waals surface area contributed by atoms with Gasteiger partial charge in [-0.3, -0.25) is 4.79 Å². The minimum Gasteiger partial charge on any atom is -0.462 e. The summed E-state index contributed by atoms with van der Waals surface area (Å²) in [6, 6.07) is 10.7. The number of aryl methyl sites for hydroxylation is 1. The van der Waals surface area contributed by atoms with E-state index in [2.05, 4.69) is 5.32 Å². The highest BCUT2D eigenvalue weighted by Crippen LogP contribution is 2.20. The number of anilines is 1. The Labute approximate surface area is 110 Å². The Morgan fingerprint density at radius 1 is 1.28 bits per heavy atom. The predicted molar refractivity (Wildman–Crippen MR) is 72.6 cm³/mol. The van der Waals surface area contributed by atoms with Crippen LogP contribution >= 0.6 is 11.6 Å². The van der Waals surface area contributed by atoms with E-state index in [9.17, 15) is 4.79 Å². The maximum Gasteiger partial charge on any atom is 0.248 e. The molecule has 0 saturated heterocycles. The highest BCUT2D eigenvalue weighted by atomic mass is 35.5. The van der Waals surface area contributed by atoms with Gasteiger partial charge in [0.25, 0.3) is 0 Å². The molecule has 0 aliphatic rings. The van der Waals surface area contributed by atoms with Crippen LogP contribution < -0.4 is 5.32 Å². The molecule has 0 aliphatic heterocycles. The molecule has 1 aromatic carbocycles. The van der Waals surface area contributed by atoms with Crippen molar-refractivity contribution in [1.82, 2.24) is 0 Å². The molecule has 0 bridgehead atoms. The molecule has 0 atom stereocenters. The zero-order valence-electron chi connectivity index (χ0n) is 9.81. The molecule has 4 heteroatoms. The van der Waals surface area contributed by atoms with E-state index in [-0.39, 0.29) is 5.91 Å². The van der Waals surface area contributed by atoms with Crippen LogP contribution in [0.3, 0.4) is 0 Å². The Bertz CT molecular complexity index is 587. The first kappa shape index (κ1) is 12.5. The Hall–Kier alpha value is -2.00. The van der Waals surface area contributed by atoms with Crippen molar-refractivity contribution in [3.8, 4) is 0 Å². The molecule has 0 saturated carbocycles. The average Bonchev–Trinajstić information content (AvgIpc) is 2.76. The maximum atomic E-state index is 11.6. The molecule has 0 spiro atoms. The number of carbonyl (C=O) groups is 1. The molecule has 1 N–H and O–H groups in total. The van der Waals surface area contributed by atoms with Crippen molar-refractivity contribution < 1.29 is 9.21 Å². The fraction of sp³-hybridized carbons (Fsp3) is 0.0714. The summed E-state index contributed by atoms with van der Waals surface area (Å²) in [6.45, 7) is 1.85. The second-order valence-corrected chi connectivity index (χ2v) is 4.16. The van der Waals surface area contributed by atoms with E-state index in [0.29, 0.717) is 16.5 Å². The van der Waals surface area contributed by atoms with Gasteiger partial charge in [-0.2, -0.15) is 0 Å². The first-order chi connectivity index (χ1) is 8.65. The van der Waals surface area contributed by atoms with Crippen molar-refractivity contribution in [3.63, 3.8) is 0 Å². The second kappa shape index (κ2) is 5.56. The van der Waals surface area contributed by atoms with Crippen LogP contribution in [0.4, 0.5) is 5.69 Å². The smallest absolute Gasteiger partial charge is 0.248 e. The van der Waals surface area contributed by atoms with Gasteiger partial charge in [0, 0.05) is 6.08 Å². The number of para-hydroxylation sites is 1. The highest BCUT2D eigenvalue weighted by Gasteiger charge is 2.02. The van der Waals surface area contributed by atoms with E-state index in [1.165, 1.54) is 6.08 Å². The van der Waals surface area contributed by atoms with Crippen LogP contribution in [0.5, 0.6) is 0 Å². The SMILES string of the molecule is Cc1ccc(/C=C/C(=O)Nc2ccccc2Cl)o1. The topological polar surface area (TPSA) is 42.2 Å². The minimum atomic E-state index is -0.253. The monoisotopic (exact) mass is 261 g/mol. The molecular formula is C14H12ClNO2. The van der Waals surface area contributed by atoms with Crippen molar-refractivity contribution in [1.29, 1.82) is 0 Å². The van der Waals surface area contributed by atoms with Crippen molar-refractivity contribution in [2.45, 2.75) is 6.92 Å². The number of hydrogen-bond acceptors (Lipinski definition) is 2. The fourth-order valence-electron chi connectivity index (χ4n) is 1.44. The molecule has 0 radical (unpaired) electrons. The lowest BCUT2D eigenvalue weighted by Crippen LogP contribution is -2.07. The number of halogens is 1. The molecule has 0 unspecified atom stereocenters. The van der Waals surface area contributed by atoms with E-state index in [1.807, 2.05) is 13.0 Å². The van der Waals surface area contributed by atoms with E-state index in [0.717, 1.165) is 5.76 Å². The minimum absolute atomic E-state index is 0.253. The summed E-state index contributed by atoms with van der Waals surface area (Å²) in [5.41, 5.74) is 0.587. The molecular weight excluding hydrogens is 250 g/mol. The zero-order chi connectivity index (χ0) is 13.0. The number of amides is 1. The number of furan rings is 1. The number of benzene rings is 1. The highest BCUT2D eigenvalue weighted by molar-refractivity contribution is 6.33. The molecule has 1 aromatic heterocycles. The Balaban J connectivity index is 2.01. The van der Waals surface area contributed by atoms with Gasteiger partial charge in [-0.05, 0) is 37.3 Å². The molecule has 1 heterocycles. The van der Waals surface area contributed by atoms with Gasteiger partial charge in [0.2, 0.25) is 5.91 Å². The number of carbonyl (C=O) groups excluding carboxylic acids is 1. The Kier molecular flexibility index (Phi) is 3.85. The first-order valence-corrected chi connectivity index (χ1v) is 5.83. The summed E-state index contributed by atoms with van der Waals surface area (Å²) in [4.78, 5) is 11.6. The molecule has 0 fully saturated rings. The third kappa shape index (κ3) is 3.25.